The van der Waals surface area contributed by atoms with E-state index in [0.29, 0.717) is 16.8 Å². The van der Waals surface area contributed by atoms with Crippen LogP contribution in [0.25, 0.3) is 0 Å². The third kappa shape index (κ3) is 3.83. The van der Waals surface area contributed by atoms with Gasteiger partial charge < -0.3 is 14.6 Å². The molecular weight excluding hydrogens is 276 g/mol. The Morgan fingerprint density at radius 3 is 2.75 bits per heavy atom. The van der Waals surface area contributed by atoms with E-state index in [4.69, 9.17) is 14.6 Å². The van der Waals surface area contributed by atoms with Crippen molar-refractivity contribution in [1.82, 2.24) is 0 Å². The lowest BCUT2D eigenvalue weighted by atomic mass is 10.2. The maximum Gasteiger partial charge on any atom is 0.335 e. The van der Waals surface area contributed by atoms with Crippen molar-refractivity contribution in [2.24, 2.45) is 0 Å². The number of carboxylic acid groups (broad SMARTS) is 1. The second kappa shape index (κ2) is 5.86. The van der Waals surface area contributed by atoms with Crippen molar-refractivity contribution in [3.8, 4) is 5.75 Å². The molecule has 1 N–H and O–H groups in total. The summed E-state index contributed by atoms with van der Waals surface area (Å²) in [6.07, 6.45) is -0.124. The molecule has 0 aliphatic carbocycles. The molecule has 88 valence electrons. The minimum atomic E-state index is -0.981. The van der Waals surface area contributed by atoms with E-state index in [0.717, 1.165) is 0 Å². The highest BCUT2D eigenvalue weighted by Crippen LogP contribution is 2.22. The molecule has 1 aromatic carbocycles. The van der Waals surface area contributed by atoms with Gasteiger partial charge in [-0.25, -0.2) is 4.79 Å². The summed E-state index contributed by atoms with van der Waals surface area (Å²) in [6, 6.07) is 4.73. The van der Waals surface area contributed by atoms with E-state index in [1.165, 1.54) is 12.1 Å². The summed E-state index contributed by atoms with van der Waals surface area (Å²) in [6.45, 7) is 2.31. The molecule has 0 heterocycles. The highest BCUT2D eigenvalue weighted by atomic mass is 79.9. The summed E-state index contributed by atoms with van der Waals surface area (Å²) in [5, 5.41) is 8.87. The summed E-state index contributed by atoms with van der Waals surface area (Å²) >= 11 is 3.24. The van der Waals surface area contributed by atoms with Gasteiger partial charge in [-0.2, -0.15) is 0 Å². The van der Waals surface area contributed by atoms with E-state index in [9.17, 15) is 4.79 Å². The highest BCUT2D eigenvalue weighted by molar-refractivity contribution is 9.10. The van der Waals surface area contributed by atoms with E-state index in [-0.39, 0.29) is 11.7 Å². The van der Waals surface area contributed by atoms with Gasteiger partial charge in [-0.05, 0) is 25.1 Å². The number of benzene rings is 1. The standard InChI is InChI=1S/C11H13BrO4/c1-7(6-15-2)16-10-4-8(11(13)14)3-9(12)5-10/h3-5,7H,6H2,1-2H3,(H,13,14)/t7-/m0/s1. The van der Waals surface area contributed by atoms with Crippen LogP contribution in [0.5, 0.6) is 5.75 Å². The lowest BCUT2D eigenvalue weighted by Crippen LogP contribution is -2.18. The number of methoxy groups -OCH3 is 1. The van der Waals surface area contributed by atoms with Crippen LogP contribution in [0.2, 0.25) is 0 Å². The van der Waals surface area contributed by atoms with Crippen LogP contribution in [0.1, 0.15) is 17.3 Å². The zero-order chi connectivity index (χ0) is 12.1. The molecule has 0 saturated heterocycles. The molecular formula is C11H13BrO4. The van der Waals surface area contributed by atoms with Gasteiger partial charge in [0.15, 0.2) is 0 Å². The molecule has 1 aromatic rings. The van der Waals surface area contributed by atoms with Gasteiger partial charge in [0.05, 0.1) is 12.2 Å². The molecule has 0 spiro atoms. The average Bonchev–Trinajstić information content (AvgIpc) is 2.16. The lowest BCUT2D eigenvalue weighted by Gasteiger charge is -2.14. The first-order valence-corrected chi connectivity index (χ1v) is 5.51. The van der Waals surface area contributed by atoms with Crippen molar-refractivity contribution < 1.29 is 19.4 Å². The van der Waals surface area contributed by atoms with Gasteiger partial charge in [0.1, 0.15) is 11.9 Å². The van der Waals surface area contributed by atoms with Crippen LogP contribution in [0.3, 0.4) is 0 Å². The number of aromatic carboxylic acids is 1. The minimum absolute atomic E-state index is 0.124. The Balaban J connectivity index is 2.84. The molecule has 0 bridgehead atoms. The number of halogens is 1. The van der Waals surface area contributed by atoms with Crippen molar-refractivity contribution in [3.05, 3.63) is 28.2 Å². The summed E-state index contributed by atoms with van der Waals surface area (Å²) in [5.74, 6) is -0.470. The third-order valence-electron chi connectivity index (χ3n) is 1.86. The van der Waals surface area contributed by atoms with Gasteiger partial charge in [0, 0.05) is 11.6 Å². The number of rotatable bonds is 5. The van der Waals surface area contributed by atoms with Crippen LogP contribution in [0.4, 0.5) is 0 Å². The summed E-state index contributed by atoms with van der Waals surface area (Å²) in [7, 11) is 1.59. The van der Waals surface area contributed by atoms with Crippen LogP contribution in [0.15, 0.2) is 22.7 Å². The molecule has 0 aromatic heterocycles. The smallest absolute Gasteiger partial charge is 0.335 e. The first kappa shape index (κ1) is 13.0. The first-order valence-electron chi connectivity index (χ1n) is 4.72. The van der Waals surface area contributed by atoms with E-state index in [1.807, 2.05) is 6.92 Å². The fraction of sp³-hybridized carbons (Fsp3) is 0.364. The number of hydrogen-bond donors (Lipinski definition) is 1. The Kier molecular flexibility index (Phi) is 4.76. The van der Waals surface area contributed by atoms with Crippen molar-refractivity contribution in [2.75, 3.05) is 13.7 Å². The Morgan fingerprint density at radius 2 is 2.19 bits per heavy atom. The third-order valence-corrected chi connectivity index (χ3v) is 2.31. The number of ether oxygens (including phenoxy) is 2. The Bertz CT molecular complexity index is 378. The number of hydrogen-bond acceptors (Lipinski definition) is 3. The van der Waals surface area contributed by atoms with Crippen LogP contribution < -0.4 is 4.74 Å². The van der Waals surface area contributed by atoms with Crippen LogP contribution >= 0.6 is 15.9 Å². The fourth-order valence-electron chi connectivity index (χ4n) is 1.26. The van der Waals surface area contributed by atoms with Crippen LogP contribution in [0, 0.1) is 0 Å². The van der Waals surface area contributed by atoms with Gasteiger partial charge in [-0.1, -0.05) is 15.9 Å². The second-order valence-electron chi connectivity index (χ2n) is 3.36. The predicted octanol–water partition coefficient (Wildman–Crippen LogP) is 2.56. The number of carboxylic acids is 1. The molecule has 0 aliphatic heterocycles. The predicted molar refractivity (Wildman–Crippen MR) is 63.1 cm³/mol. The van der Waals surface area contributed by atoms with Crippen LogP contribution in [-0.4, -0.2) is 30.9 Å². The Labute approximate surface area is 102 Å². The zero-order valence-corrected chi connectivity index (χ0v) is 10.7. The quantitative estimate of drug-likeness (QED) is 0.905. The van der Waals surface area contributed by atoms with Gasteiger partial charge in [0.2, 0.25) is 0 Å². The van der Waals surface area contributed by atoms with Crippen molar-refractivity contribution in [3.63, 3.8) is 0 Å². The summed E-state index contributed by atoms with van der Waals surface area (Å²) in [4.78, 5) is 10.8. The summed E-state index contributed by atoms with van der Waals surface area (Å²) < 4.78 is 11.1. The van der Waals surface area contributed by atoms with E-state index < -0.39 is 5.97 Å². The van der Waals surface area contributed by atoms with E-state index >= 15 is 0 Å². The lowest BCUT2D eigenvalue weighted by molar-refractivity contribution is 0.0694. The normalized spacial score (nSPS) is 12.2. The van der Waals surface area contributed by atoms with Gasteiger partial charge in [-0.3, -0.25) is 0 Å². The molecule has 0 aliphatic rings. The molecule has 5 heteroatoms. The largest absolute Gasteiger partial charge is 0.488 e. The second-order valence-corrected chi connectivity index (χ2v) is 4.28. The molecule has 16 heavy (non-hydrogen) atoms. The van der Waals surface area contributed by atoms with Gasteiger partial charge >= 0.3 is 5.97 Å². The fourth-order valence-corrected chi connectivity index (χ4v) is 1.73. The molecule has 0 amide bonds. The monoisotopic (exact) mass is 288 g/mol. The average molecular weight is 289 g/mol. The van der Waals surface area contributed by atoms with E-state index in [1.54, 1.807) is 13.2 Å². The van der Waals surface area contributed by atoms with Gasteiger partial charge in [-0.15, -0.1) is 0 Å². The van der Waals surface area contributed by atoms with Crippen molar-refractivity contribution in [1.29, 1.82) is 0 Å². The molecule has 0 fully saturated rings. The molecule has 0 radical (unpaired) electrons. The molecule has 1 atom stereocenters. The number of carbonyl (C=O) groups is 1. The highest BCUT2D eigenvalue weighted by Gasteiger charge is 2.09. The van der Waals surface area contributed by atoms with Crippen LogP contribution in [-0.2, 0) is 4.74 Å². The van der Waals surface area contributed by atoms with Crippen molar-refractivity contribution >= 4 is 21.9 Å². The molecule has 1 rings (SSSR count). The van der Waals surface area contributed by atoms with E-state index in [2.05, 4.69) is 15.9 Å². The maximum atomic E-state index is 10.8. The SMILES string of the molecule is COC[C@H](C)Oc1cc(Br)cc(C(=O)O)c1. The molecule has 0 unspecified atom stereocenters. The van der Waals surface area contributed by atoms with Gasteiger partial charge in [0.25, 0.3) is 0 Å². The summed E-state index contributed by atoms with van der Waals surface area (Å²) in [5.41, 5.74) is 0.189. The maximum absolute atomic E-state index is 10.8. The Hall–Kier alpha value is -1.07. The molecule has 4 nitrogen and oxygen atoms in total. The zero-order valence-electron chi connectivity index (χ0n) is 9.07. The molecule has 0 saturated carbocycles. The first-order chi connectivity index (χ1) is 7.52. The van der Waals surface area contributed by atoms with Crippen molar-refractivity contribution in [2.45, 2.75) is 13.0 Å². The minimum Gasteiger partial charge on any atom is -0.488 e. The Morgan fingerprint density at radius 1 is 1.50 bits per heavy atom. The topological polar surface area (TPSA) is 55.8 Å².